The van der Waals surface area contributed by atoms with Crippen LogP contribution in [0.2, 0.25) is 5.02 Å². The van der Waals surface area contributed by atoms with E-state index in [1.807, 2.05) is 41.5 Å². The van der Waals surface area contributed by atoms with Crippen LogP contribution in [0.1, 0.15) is 94.5 Å². The van der Waals surface area contributed by atoms with Crippen molar-refractivity contribution in [2.45, 2.75) is 86.0 Å². The molecule has 4 nitrogen and oxygen atoms in total. The zero-order valence-corrected chi connectivity index (χ0v) is 24.6. The molecule has 2 aromatic carbocycles. The fourth-order valence-corrected chi connectivity index (χ4v) is 5.10. The van der Waals surface area contributed by atoms with Gasteiger partial charge in [0.1, 0.15) is 0 Å². The molecule has 1 aliphatic heterocycles. The standard InChI is InChI=1S/C20H22ClNO2.C6H11ClO.2C2H6/c1-22-8-7-15-16(10-18(23)20(24)19(15)21)17(11-22)14-6-5-12-3-2-4-13(12)9-14;1-3-4-5(2)6(7)8;2*1-2/h5-6,9-10,17,23-24H,2-4,7-8,11H2,1H3;5H,3-4H2,1-2H3;2*1-2H3. The van der Waals surface area contributed by atoms with E-state index in [0.717, 1.165) is 49.9 Å². The van der Waals surface area contributed by atoms with Crippen molar-refractivity contribution in [2.75, 3.05) is 20.1 Å². The minimum atomic E-state index is -0.216. The minimum absolute atomic E-state index is 0.0432. The molecule has 2 unspecified atom stereocenters. The second kappa shape index (κ2) is 16.2. The van der Waals surface area contributed by atoms with E-state index in [1.54, 1.807) is 6.07 Å². The molecule has 0 aromatic heterocycles. The second-order valence-corrected chi connectivity index (χ2v) is 9.82. The molecule has 2 aliphatic rings. The van der Waals surface area contributed by atoms with Gasteiger partial charge in [-0.25, -0.2) is 0 Å². The van der Waals surface area contributed by atoms with Gasteiger partial charge in [-0.15, -0.1) is 0 Å². The van der Waals surface area contributed by atoms with E-state index in [1.165, 1.54) is 29.5 Å². The molecule has 0 spiro atoms. The lowest BCUT2D eigenvalue weighted by Crippen LogP contribution is -2.24. The van der Waals surface area contributed by atoms with Gasteiger partial charge in [0.15, 0.2) is 11.5 Å². The Morgan fingerprint density at radius 3 is 2.31 bits per heavy atom. The Hall–Kier alpha value is -1.75. The Labute approximate surface area is 228 Å². The number of hydrogen-bond donors (Lipinski definition) is 2. The first-order valence-corrected chi connectivity index (χ1v) is 14.2. The zero-order valence-electron chi connectivity index (χ0n) is 23.1. The van der Waals surface area contributed by atoms with Crippen LogP contribution >= 0.6 is 23.2 Å². The van der Waals surface area contributed by atoms with Gasteiger partial charge in [0.25, 0.3) is 0 Å². The van der Waals surface area contributed by atoms with Crippen LogP contribution in [0.15, 0.2) is 24.3 Å². The van der Waals surface area contributed by atoms with E-state index in [9.17, 15) is 15.0 Å². The SMILES string of the molecule is CC.CC.CCCC(C)C(=O)Cl.CN1CCc2c(cc(O)c(O)c2Cl)C(c2ccc3c(c2)CCC3)C1. The van der Waals surface area contributed by atoms with E-state index >= 15 is 0 Å². The number of hydrogen-bond acceptors (Lipinski definition) is 4. The quantitative estimate of drug-likeness (QED) is 0.305. The van der Waals surface area contributed by atoms with Crippen LogP contribution in [-0.4, -0.2) is 40.5 Å². The van der Waals surface area contributed by atoms with Crippen molar-refractivity contribution in [2.24, 2.45) is 5.92 Å². The average Bonchev–Trinajstić information content (AvgIpc) is 3.29. The summed E-state index contributed by atoms with van der Waals surface area (Å²) in [4.78, 5) is 12.6. The molecule has 0 amide bonds. The number of aryl methyl sites for hydroxylation is 2. The molecule has 2 N–H and O–H groups in total. The first kappa shape index (κ1) is 32.3. The van der Waals surface area contributed by atoms with Crippen molar-refractivity contribution >= 4 is 28.4 Å². The van der Waals surface area contributed by atoms with E-state index in [-0.39, 0.29) is 28.6 Å². The molecule has 4 rings (SSSR count). The number of carbonyl (C=O) groups is 1. The van der Waals surface area contributed by atoms with Gasteiger partial charge in [-0.05, 0) is 84.6 Å². The maximum atomic E-state index is 10.3. The van der Waals surface area contributed by atoms with E-state index in [2.05, 4.69) is 30.1 Å². The van der Waals surface area contributed by atoms with Gasteiger partial charge < -0.3 is 15.1 Å². The van der Waals surface area contributed by atoms with Crippen LogP contribution in [0.5, 0.6) is 11.5 Å². The lowest BCUT2D eigenvalue weighted by atomic mass is 9.86. The number of likely N-dealkylation sites (N-methyl/N-ethyl adjacent to an activating group) is 1. The third kappa shape index (κ3) is 8.39. The predicted octanol–water partition coefficient (Wildman–Crippen LogP) is 8.10. The number of fused-ring (bicyclic) bond motifs is 2. The summed E-state index contributed by atoms with van der Waals surface area (Å²) < 4.78 is 0. The lowest BCUT2D eigenvalue weighted by molar-refractivity contribution is -0.114. The Kier molecular flexibility index (Phi) is 14.5. The molecule has 0 bridgehead atoms. The number of benzene rings is 2. The van der Waals surface area contributed by atoms with Crippen LogP contribution in [0.25, 0.3) is 0 Å². The number of rotatable bonds is 4. The molecular formula is C30H45Cl2NO3. The Balaban J connectivity index is 0.000000461. The Bertz CT molecular complexity index is 977. The summed E-state index contributed by atoms with van der Waals surface area (Å²) in [6, 6.07) is 8.50. The number of nitrogens with zero attached hydrogens (tertiary/aromatic N) is 1. The fourth-order valence-electron chi connectivity index (χ4n) is 4.69. The lowest BCUT2D eigenvalue weighted by Gasteiger charge is -2.23. The molecule has 202 valence electrons. The number of phenols is 2. The van der Waals surface area contributed by atoms with Crippen molar-refractivity contribution in [3.63, 3.8) is 0 Å². The summed E-state index contributed by atoms with van der Waals surface area (Å²) in [6.07, 6.45) is 6.28. The summed E-state index contributed by atoms with van der Waals surface area (Å²) in [5.41, 5.74) is 6.19. The molecule has 1 aliphatic carbocycles. The number of halogens is 2. The predicted molar refractivity (Wildman–Crippen MR) is 154 cm³/mol. The van der Waals surface area contributed by atoms with Crippen LogP contribution in [0, 0.1) is 5.92 Å². The summed E-state index contributed by atoms with van der Waals surface area (Å²) >= 11 is 11.5. The number of aromatic hydroxyl groups is 2. The van der Waals surface area contributed by atoms with Gasteiger partial charge in [-0.3, -0.25) is 4.79 Å². The van der Waals surface area contributed by atoms with Crippen LogP contribution in [0.3, 0.4) is 0 Å². The van der Waals surface area contributed by atoms with Crippen molar-refractivity contribution < 1.29 is 15.0 Å². The number of phenolic OH excluding ortho intramolecular Hbond substituents is 2. The van der Waals surface area contributed by atoms with Gasteiger partial charge in [0.05, 0.1) is 5.02 Å². The van der Waals surface area contributed by atoms with Crippen LogP contribution < -0.4 is 0 Å². The van der Waals surface area contributed by atoms with Crippen molar-refractivity contribution in [1.29, 1.82) is 0 Å². The van der Waals surface area contributed by atoms with Gasteiger partial charge >= 0.3 is 0 Å². The number of carbonyl (C=O) groups excluding carboxylic acids is 1. The highest BCUT2D eigenvalue weighted by Gasteiger charge is 2.28. The fraction of sp³-hybridized carbons (Fsp3) is 0.567. The summed E-state index contributed by atoms with van der Waals surface area (Å²) in [7, 11) is 2.11. The highest BCUT2D eigenvalue weighted by Crippen LogP contribution is 2.43. The molecular weight excluding hydrogens is 493 g/mol. The first-order valence-electron chi connectivity index (χ1n) is 13.5. The third-order valence-electron chi connectivity index (χ3n) is 6.60. The maximum Gasteiger partial charge on any atom is 0.224 e. The normalized spacial score (nSPS) is 17.0. The smallest absolute Gasteiger partial charge is 0.224 e. The van der Waals surface area contributed by atoms with E-state index < -0.39 is 0 Å². The van der Waals surface area contributed by atoms with E-state index in [0.29, 0.717) is 5.02 Å². The zero-order chi connectivity index (χ0) is 27.4. The van der Waals surface area contributed by atoms with Gasteiger partial charge in [0.2, 0.25) is 5.24 Å². The summed E-state index contributed by atoms with van der Waals surface area (Å²) in [6.45, 7) is 13.7. The van der Waals surface area contributed by atoms with Gasteiger partial charge in [-0.2, -0.15) is 0 Å². The summed E-state index contributed by atoms with van der Waals surface area (Å²) in [5.74, 6) is -0.133. The molecule has 0 radical (unpaired) electrons. The first-order chi connectivity index (χ1) is 17.2. The highest BCUT2D eigenvalue weighted by atomic mass is 35.5. The molecule has 0 saturated carbocycles. The maximum absolute atomic E-state index is 10.3. The average molecular weight is 539 g/mol. The Morgan fingerprint density at radius 1 is 1.08 bits per heavy atom. The van der Waals surface area contributed by atoms with Crippen LogP contribution in [0.4, 0.5) is 0 Å². The Morgan fingerprint density at radius 2 is 1.72 bits per heavy atom. The molecule has 0 saturated heterocycles. The molecule has 2 atom stereocenters. The molecule has 2 aromatic rings. The molecule has 0 fully saturated rings. The third-order valence-corrected chi connectivity index (χ3v) is 7.38. The largest absolute Gasteiger partial charge is 0.504 e. The van der Waals surface area contributed by atoms with Crippen molar-refractivity contribution in [1.82, 2.24) is 4.90 Å². The molecule has 1 heterocycles. The molecule has 6 heteroatoms. The second-order valence-electron chi connectivity index (χ2n) is 9.07. The van der Waals surface area contributed by atoms with Crippen LogP contribution in [-0.2, 0) is 24.1 Å². The molecule has 36 heavy (non-hydrogen) atoms. The van der Waals surface area contributed by atoms with Crippen molar-refractivity contribution in [3.05, 3.63) is 57.1 Å². The minimum Gasteiger partial charge on any atom is -0.504 e. The van der Waals surface area contributed by atoms with E-state index in [4.69, 9.17) is 23.2 Å². The topological polar surface area (TPSA) is 60.8 Å². The highest BCUT2D eigenvalue weighted by molar-refractivity contribution is 6.63. The monoisotopic (exact) mass is 537 g/mol. The van der Waals surface area contributed by atoms with Crippen molar-refractivity contribution in [3.8, 4) is 11.5 Å². The van der Waals surface area contributed by atoms with Gasteiger partial charge in [-0.1, -0.05) is 77.8 Å². The van der Waals surface area contributed by atoms with Gasteiger partial charge in [0, 0.05) is 24.9 Å². The summed E-state index contributed by atoms with van der Waals surface area (Å²) in [5, 5.41) is 20.2.